The van der Waals surface area contributed by atoms with Gasteiger partial charge in [-0.25, -0.2) is 4.79 Å². The Labute approximate surface area is 176 Å². The lowest BCUT2D eigenvalue weighted by Gasteiger charge is -2.34. The molecule has 2 fully saturated rings. The van der Waals surface area contributed by atoms with E-state index >= 15 is 0 Å². The van der Waals surface area contributed by atoms with Crippen molar-refractivity contribution < 1.29 is 31.4 Å². The van der Waals surface area contributed by atoms with Gasteiger partial charge in [-0.2, -0.15) is 8.42 Å². The molecule has 2 aliphatic heterocycles. The molecule has 8 nitrogen and oxygen atoms in total. The Kier molecular flexibility index (Phi) is 6.49. The van der Waals surface area contributed by atoms with Gasteiger partial charge < -0.3 is 14.5 Å². The average molecular weight is 467 g/mol. The predicted octanol–water partition coefficient (Wildman–Crippen LogP) is 1.70. The van der Waals surface area contributed by atoms with Gasteiger partial charge in [0.2, 0.25) is 5.91 Å². The van der Waals surface area contributed by atoms with Crippen LogP contribution in [0.4, 0.5) is 3.89 Å². The van der Waals surface area contributed by atoms with Crippen molar-refractivity contribution in [2.24, 2.45) is 5.92 Å². The molecule has 3 heterocycles. The zero-order valence-corrected chi connectivity index (χ0v) is 17.9. The van der Waals surface area contributed by atoms with E-state index in [2.05, 4.69) is 4.74 Å². The SMILES string of the molecule is COC(=O)C1CC(S(=O)(=O)F)CN1C(=O)C1CCN(C(=O)c2ccc(Cl)s2)CC1. The summed E-state index contributed by atoms with van der Waals surface area (Å²) in [5.41, 5.74) is 0. The van der Waals surface area contributed by atoms with Gasteiger partial charge in [0.15, 0.2) is 0 Å². The van der Waals surface area contributed by atoms with Crippen LogP contribution in [0.1, 0.15) is 28.9 Å². The highest BCUT2D eigenvalue weighted by Crippen LogP contribution is 2.30. The summed E-state index contributed by atoms with van der Waals surface area (Å²) in [5.74, 6) is -1.84. The fourth-order valence-electron chi connectivity index (χ4n) is 3.75. The third kappa shape index (κ3) is 4.72. The molecule has 2 aliphatic rings. The zero-order chi connectivity index (χ0) is 21.3. The summed E-state index contributed by atoms with van der Waals surface area (Å²) >= 11 is 7.05. The van der Waals surface area contributed by atoms with Crippen molar-refractivity contribution in [2.45, 2.75) is 30.6 Å². The van der Waals surface area contributed by atoms with Gasteiger partial charge in [-0.3, -0.25) is 9.59 Å². The first-order chi connectivity index (χ1) is 13.6. The molecule has 0 N–H and O–H groups in total. The second-order valence-corrected chi connectivity index (χ2v) is 10.4. The Morgan fingerprint density at radius 3 is 2.41 bits per heavy atom. The van der Waals surface area contributed by atoms with Crippen molar-refractivity contribution in [1.29, 1.82) is 0 Å². The van der Waals surface area contributed by atoms with Gasteiger partial charge in [0.25, 0.3) is 5.91 Å². The van der Waals surface area contributed by atoms with Gasteiger partial charge in [-0.1, -0.05) is 11.6 Å². The molecule has 160 valence electrons. The van der Waals surface area contributed by atoms with Crippen molar-refractivity contribution in [3.05, 3.63) is 21.3 Å². The van der Waals surface area contributed by atoms with Gasteiger partial charge in [-0.15, -0.1) is 15.2 Å². The number of piperidine rings is 1. The lowest BCUT2D eigenvalue weighted by molar-refractivity contribution is -0.152. The van der Waals surface area contributed by atoms with Crippen LogP contribution in [0.5, 0.6) is 0 Å². The summed E-state index contributed by atoms with van der Waals surface area (Å²) < 4.78 is 41.2. The second kappa shape index (κ2) is 8.57. The second-order valence-electron chi connectivity index (χ2n) is 7.03. The molecule has 2 atom stereocenters. The van der Waals surface area contributed by atoms with Crippen LogP contribution in [0, 0.1) is 5.92 Å². The van der Waals surface area contributed by atoms with Gasteiger partial charge in [-0.05, 0) is 31.4 Å². The van der Waals surface area contributed by atoms with Crippen molar-refractivity contribution in [1.82, 2.24) is 9.80 Å². The third-order valence-corrected chi connectivity index (χ3v) is 7.69. The molecule has 2 amide bonds. The van der Waals surface area contributed by atoms with Crippen LogP contribution in [0.25, 0.3) is 0 Å². The topological polar surface area (TPSA) is 101 Å². The lowest BCUT2D eigenvalue weighted by Crippen LogP contribution is -2.48. The van der Waals surface area contributed by atoms with Crippen molar-refractivity contribution >= 4 is 50.9 Å². The Morgan fingerprint density at radius 1 is 1.24 bits per heavy atom. The molecule has 0 saturated carbocycles. The standard InChI is InChI=1S/C17H20ClFN2O6S2/c1-27-17(24)12-8-11(29(19,25)26)9-21(12)15(22)10-4-6-20(7-5-10)16(23)13-2-3-14(18)28-13/h2-3,10-12H,4-9H2,1H3. The number of hydrogen-bond donors (Lipinski definition) is 0. The minimum Gasteiger partial charge on any atom is -0.467 e. The van der Waals surface area contributed by atoms with Crippen molar-refractivity contribution in [3.8, 4) is 0 Å². The highest BCUT2D eigenvalue weighted by molar-refractivity contribution is 7.87. The van der Waals surface area contributed by atoms with Crippen molar-refractivity contribution in [2.75, 3.05) is 26.7 Å². The smallest absolute Gasteiger partial charge is 0.328 e. The number of methoxy groups -OCH3 is 1. The molecule has 2 unspecified atom stereocenters. The fourth-order valence-corrected chi connectivity index (χ4v) is 5.52. The molecule has 0 aromatic carbocycles. The van der Waals surface area contributed by atoms with E-state index in [1.165, 1.54) is 11.3 Å². The Balaban J connectivity index is 1.65. The zero-order valence-electron chi connectivity index (χ0n) is 15.5. The minimum atomic E-state index is -4.89. The summed E-state index contributed by atoms with van der Waals surface area (Å²) in [6, 6.07) is 2.16. The van der Waals surface area contributed by atoms with E-state index in [1.54, 1.807) is 17.0 Å². The van der Waals surface area contributed by atoms with E-state index in [0.29, 0.717) is 35.1 Å². The molecule has 1 aromatic rings. The highest BCUT2D eigenvalue weighted by atomic mass is 35.5. The maximum atomic E-state index is 13.4. The average Bonchev–Trinajstić information content (AvgIpc) is 3.33. The minimum absolute atomic E-state index is 0.162. The monoisotopic (exact) mass is 466 g/mol. The highest BCUT2D eigenvalue weighted by Gasteiger charge is 2.47. The maximum absolute atomic E-state index is 13.4. The van der Waals surface area contributed by atoms with Crippen LogP contribution < -0.4 is 0 Å². The van der Waals surface area contributed by atoms with Crippen molar-refractivity contribution in [3.63, 3.8) is 0 Å². The molecular formula is C17H20ClFN2O6S2. The summed E-state index contributed by atoms with van der Waals surface area (Å²) in [4.78, 5) is 40.7. The van der Waals surface area contributed by atoms with Crippen LogP contribution in [-0.4, -0.2) is 74.0 Å². The number of hydrogen-bond acceptors (Lipinski definition) is 7. The Morgan fingerprint density at radius 2 is 1.90 bits per heavy atom. The van der Waals surface area contributed by atoms with Gasteiger partial charge in [0.05, 0.1) is 16.3 Å². The van der Waals surface area contributed by atoms with Gasteiger partial charge in [0, 0.05) is 25.6 Å². The quantitative estimate of drug-likeness (QED) is 0.494. The largest absolute Gasteiger partial charge is 0.467 e. The number of thiophene rings is 1. The number of esters is 1. The normalized spacial score (nSPS) is 23.3. The van der Waals surface area contributed by atoms with Crippen LogP contribution in [0.15, 0.2) is 12.1 Å². The van der Waals surface area contributed by atoms with E-state index in [0.717, 1.165) is 12.0 Å². The summed E-state index contributed by atoms with van der Waals surface area (Å²) in [6.45, 7) is 0.295. The molecule has 2 saturated heterocycles. The van der Waals surface area contributed by atoms with E-state index in [-0.39, 0.29) is 18.9 Å². The number of rotatable bonds is 4. The van der Waals surface area contributed by atoms with Crippen LogP contribution >= 0.6 is 22.9 Å². The molecular weight excluding hydrogens is 447 g/mol. The molecule has 0 spiro atoms. The molecule has 1 aromatic heterocycles. The van der Waals surface area contributed by atoms with Crippen LogP contribution in [-0.2, 0) is 24.5 Å². The summed E-state index contributed by atoms with van der Waals surface area (Å²) in [5, 5.41) is -1.44. The van der Waals surface area contributed by atoms with E-state index in [4.69, 9.17) is 11.6 Å². The number of halogens is 2. The first-order valence-corrected chi connectivity index (χ1v) is 11.6. The number of carbonyl (C=O) groups excluding carboxylic acids is 3. The van der Waals surface area contributed by atoms with Gasteiger partial charge >= 0.3 is 16.2 Å². The predicted molar refractivity (Wildman–Crippen MR) is 104 cm³/mol. The molecule has 3 rings (SSSR count). The number of likely N-dealkylation sites (tertiary alicyclic amines) is 2. The number of ether oxygens (including phenoxy) is 1. The first-order valence-electron chi connectivity index (χ1n) is 8.98. The lowest BCUT2D eigenvalue weighted by atomic mass is 9.94. The maximum Gasteiger partial charge on any atom is 0.328 e. The van der Waals surface area contributed by atoms with E-state index in [9.17, 15) is 26.7 Å². The van der Waals surface area contributed by atoms with Crippen LogP contribution in [0.3, 0.4) is 0 Å². The molecule has 0 bridgehead atoms. The Hall–Kier alpha value is -1.72. The fraction of sp³-hybridized carbons (Fsp3) is 0.588. The Bertz CT molecular complexity index is 913. The first kappa shape index (κ1) is 22.0. The van der Waals surface area contributed by atoms with Gasteiger partial charge in [0.1, 0.15) is 11.3 Å². The molecule has 29 heavy (non-hydrogen) atoms. The molecule has 0 aliphatic carbocycles. The number of amides is 2. The van der Waals surface area contributed by atoms with Crippen LogP contribution in [0.2, 0.25) is 4.34 Å². The van der Waals surface area contributed by atoms with E-state index in [1.807, 2.05) is 0 Å². The molecule has 12 heteroatoms. The number of nitrogens with zero attached hydrogens (tertiary/aromatic N) is 2. The third-order valence-electron chi connectivity index (χ3n) is 5.33. The summed E-state index contributed by atoms with van der Waals surface area (Å²) in [6.07, 6.45) is 0.399. The molecule has 0 radical (unpaired) electrons. The number of carbonyl (C=O) groups is 3. The van der Waals surface area contributed by atoms with E-state index < -0.39 is 39.3 Å². The summed E-state index contributed by atoms with van der Waals surface area (Å²) in [7, 11) is -3.76.